The number of rotatable bonds is 2. The predicted octanol–water partition coefficient (Wildman–Crippen LogP) is 4.82. The first-order valence-corrected chi connectivity index (χ1v) is 8.33. The summed E-state index contributed by atoms with van der Waals surface area (Å²) in [5.41, 5.74) is 8.81. The van der Waals surface area contributed by atoms with E-state index in [0.29, 0.717) is 10.8 Å². The van der Waals surface area contributed by atoms with Crippen molar-refractivity contribution >= 4 is 0 Å². The molecule has 1 aromatic carbocycles. The number of hydrogen-bond donors (Lipinski definition) is 1. The highest BCUT2D eigenvalue weighted by molar-refractivity contribution is 5.25. The molecule has 0 spiro atoms. The zero-order valence-electron chi connectivity index (χ0n) is 13.2. The van der Waals surface area contributed by atoms with Gasteiger partial charge in [0.15, 0.2) is 0 Å². The van der Waals surface area contributed by atoms with Crippen LogP contribution in [-0.2, 0) is 0 Å². The van der Waals surface area contributed by atoms with Crippen molar-refractivity contribution < 1.29 is 4.39 Å². The van der Waals surface area contributed by atoms with E-state index in [0.717, 1.165) is 11.5 Å². The third-order valence-electron chi connectivity index (χ3n) is 6.54. The van der Waals surface area contributed by atoms with E-state index >= 15 is 0 Å². The van der Waals surface area contributed by atoms with Gasteiger partial charge in [0.25, 0.3) is 0 Å². The maximum Gasteiger partial charge on any atom is 0.123 e. The molecule has 2 heteroatoms. The Morgan fingerprint density at radius 3 is 2.33 bits per heavy atom. The highest BCUT2D eigenvalue weighted by Crippen LogP contribution is 2.71. The van der Waals surface area contributed by atoms with E-state index in [-0.39, 0.29) is 17.3 Å². The van der Waals surface area contributed by atoms with Crippen LogP contribution in [0.3, 0.4) is 0 Å². The lowest BCUT2D eigenvalue weighted by Crippen LogP contribution is -2.58. The maximum atomic E-state index is 13.6. The molecule has 2 N–H and O–H groups in total. The first kappa shape index (κ1) is 13.8. The highest BCUT2D eigenvalue weighted by Gasteiger charge is 2.61. The number of hydrogen-bond acceptors (Lipinski definition) is 1. The van der Waals surface area contributed by atoms with Crippen LogP contribution in [0.4, 0.5) is 4.39 Å². The molecule has 1 aromatic rings. The summed E-state index contributed by atoms with van der Waals surface area (Å²) in [6.07, 6.45) is 7.80. The van der Waals surface area contributed by atoms with Gasteiger partial charge in [-0.2, -0.15) is 0 Å². The Hall–Kier alpha value is -0.890. The number of halogens is 1. The van der Waals surface area contributed by atoms with Crippen LogP contribution in [-0.4, -0.2) is 0 Å². The molecule has 4 aliphatic rings. The topological polar surface area (TPSA) is 26.0 Å². The van der Waals surface area contributed by atoms with E-state index in [1.165, 1.54) is 44.6 Å². The highest BCUT2D eigenvalue weighted by atomic mass is 19.1. The van der Waals surface area contributed by atoms with E-state index in [4.69, 9.17) is 5.73 Å². The second-order valence-corrected chi connectivity index (χ2v) is 9.03. The van der Waals surface area contributed by atoms with E-state index < -0.39 is 0 Å². The third kappa shape index (κ3) is 2.06. The minimum absolute atomic E-state index is 0.0183. The largest absolute Gasteiger partial charge is 0.323 e. The second kappa shape index (κ2) is 4.10. The molecular weight excluding hydrogens is 261 g/mol. The third-order valence-corrected chi connectivity index (χ3v) is 6.54. The minimum Gasteiger partial charge on any atom is -0.323 e. The van der Waals surface area contributed by atoms with Crippen LogP contribution in [0.5, 0.6) is 0 Å². The lowest BCUT2D eigenvalue weighted by Gasteiger charge is -2.67. The molecule has 4 saturated carbocycles. The summed E-state index contributed by atoms with van der Waals surface area (Å²) in [7, 11) is 0. The molecule has 3 unspecified atom stereocenters. The van der Waals surface area contributed by atoms with Crippen molar-refractivity contribution in [2.75, 3.05) is 0 Å². The van der Waals surface area contributed by atoms with Gasteiger partial charge in [0.2, 0.25) is 0 Å². The molecule has 3 atom stereocenters. The van der Waals surface area contributed by atoms with E-state index in [1.54, 1.807) is 12.1 Å². The van der Waals surface area contributed by atoms with Gasteiger partial charge in [0.1, 0.15) is 5.82 Å². The van der Waals surface area contributed by atoms with Gasteiger partial charge in [-0.25, -0.2) is 4.39 Å². The molecular formula is C19H26FN. The van der Waals surface area contributed by atoms with Crippen molar-refractivity contribution in [3.8, 4) is 0 Å². The van der Waals surface area contributed by atoms with Crippen molar-refractivity contribution in [2.24, 2.45) is 27.9 Å². The average Bonchev–Trinajstić information content (AvgIpc) is 2.33. The Kier molecular flexibility index (Phi) is 2.68. The molecule has 21 heavy (non-hydrogen) atoms. The van der Waals surface area contributed by atoms with Gasteiger partial charge < -0.3 is 5.73 Å². The molecule has 0 amide bonds. The van der Waals surface area contributed by atoms with Crippen LogP contribution in [0.2, 0.25) is 0 Å². The predicted molar refractivity (Wildman–Crippen MR) is 83.2 cm³/mol. The summed E-state index contributed by atoms with van der Waals surface area (Å²) in [4.78, 5) is 0. The monoisotopic (exact) mass is 287 g/mol. The lowest BCUT2D eigenvalue weighted by atomic mass is 9.39. The quantitative estimate of drug-likeness (QED) is 0.829. The normalized spacial score (nSPS) is 45.8. The van der Waals surface area contributed by atoms with Crippen molar-refractivity contribution in [1.82, 2.24) is 0 Å². The smallest absolute Gasteiger partial charge is 0.123 e. The lowest BCUT2D eigenvalue weighted by molar-refractivity contribution is -0.154. The average molecular weight is 287 g/mol. The zero-order valence-corrected chi connectivity index (χ0v) is 13.2. The summed E-state index contributed by atoms with van der Waals surface area (Å²) in [5, 5.41) is 0. The van der Waals surface area contributed by atoms with Crippen LogP contribution < -0.4 is 5.73 Å². The fraction of sp³-hybridized carbons (Fsp3) is 0.684. The standard InChI is InChI=1S/C19H26FN/c1-17-7-13-8-18(2,10-17)12-19(9-13,11-17)16(21)14-4-3-5-15(20)6-14/h3-6,13,16H,7-12,21H2,1-2H3. The van der Waals surface area contributed by atoms with Crippen LogP contribution in [0.15, 0.2) is 24.3 Å². The fourth-order valence-corrected chi connectivity index (χ4v) is 6.94. The van der Waals surface area contributed by atoms with Gasteiger partial charge in [-0.1, -0.05) is 26.0 Å². The molecule has 1 nitrogen and oxygen atoms in total. The molecule has 4 aliphatic carbocycles. The summed E-state index contributed by atoms with van der Waals surface area (Å²) in [6, 6.07) is 6.95. The minimum atomic E-state index is -0.162. The Balaban J connectivity index is 1.74. The first-order valence-electron chi connectivity index (χ1n) is 8.33. The Labute approximate surface area is 127 Å². The molecule has 0 aliphatic heterocycles. The van der Waals surface area contributed by atoms with E-state index in [1.807, 2.05) is 6.07 Å². The molecule has 4 fully saturated rings. The van der Waals surface area contributed by atoms with Gasteiger partial charge in [0, 0.05) is 6.04 Å². The zero-order chi connectivity index (χ0) is 14.9. The van der Waals surface area contributed by atoms with Crippen molar-refractivity contribution in [3.63, 3.8) is 0 Å². The van der Waals surface area contributed by atoms with Crippen LogP contribution >= 0.6 is 0 Å². The SMILES string of the molecule is CC12CC3CC(C)(C1)CC(C(N)c1cccc(F)c1)(C3)C2. The van der Waals surface area contributed by atoms with Crippen molar-refractivity contribution in [3.05, 3.63) is 35.6 Å². The number of nitrogens with two attached hydrogens (primary N) is 1. The fourth-order valence-electron chi connectivity index (χ4n) is 6.94. The van der Waals surface area contributed by atoms with Crippen molar-refractivity contribution in [1.29, 1.82) is 0 Å². The molecule has 0 aromatic heterocycles. The molecule has 0 saturated heterocycles. The van der Waals surface area contributed by atoms with E-state index in [9.17, 15) is 4.39 Å². The van der Waals surface area contributed by atoms with Crippen LogP contribution in [0.25, 0.3) is 0 Å². The Bertz CT molecular complexity index is 563. The molecule has 0 radical (unpaired) electrons. The Morgan fingerprint density at radius 2 is 1.76 bits per heavy atom. The molecule has 5 rings (SSSR count). The summed E-state index contributed by atoms with van der Waals surface area (Å²) in [6.45, 7) is 4.92. The molecule has 0 heterocycles. The number of benzene rings is 1. The molecule has 114 valence electrons. The van der Waals surface area contributed by atoms with Crippen LogP contribution in [0, 0.1) is 28.0 Å². The maximum absolute atomic E-state index is 13.6. The van der Waals surface area contributed by atoms with E-state index in [2.05, 4.69) is 13.8 Å². The Morgan fingerprint density at radius 1 is 1.10 bits per heavy atom. The van der Waals surface area contributed by atoms with Gasteiger partial charge in [-0.3, -0.25) is 0 Å². The second-order valence-electron chi connectivity index (χ2n) is 9.03. The summed E-state index contributed by atoms with van der Waals surface area (Å²) >= 11 is 0. The summed E-state index contributed by atoms with van der Waals surface area (Å²) < 4.78 is 13.6. The summed E-state index contributed by atoms with van der Waals surface area (Å²) in [5.74, 6) is 0.668. The van der Waals surface area contributed by atoms with Gasteiger partial charge in [-0.15, -0.1) is 0 Å². The van der Waals surface area contributed by atoms with Gasteiger partial charge >= 0.3 is 0 Å². The molecule has 4 bridgehead atoms. The van der Waals surface area contributed by atoms with Crippen molar-refractivity contribution in [2.45, 2.75) is 58.4 Å². The van der Waals surface area contributed by atoms with Gasteiger partial charge in [0.05, 0.1) is 0 Å². The first-order chi connectivity index (χ1) is 9.82. The van der Waals surface area contributed by atoms with Gasteiger partial charge in [-0.05, 0) is 78.4 Å². The van der Waals surface area contributed by atoms with Crippen LogP contribution in [0.1, 0.15) is 64.0 Å².